The summed E-state index contributed by atoms with van der Waals surface area (Å²) in [5.41, 5.74) is 1.97. The fourth-order valence-electron chi connectivity index (χ4n) is 2.48. The molecule has 1 aliphatic rings. The van der Waals surface area contributed by atoms with Crippen LogP contribution in [-0.4, -0.2) is 11.0 Å². The molecule has 0 spiro atoms. The zero-order chi connectivity index (χ0) is 14.3. The van der Waals surface area contributed by atoms with Crippen LogP contribution in [-0.2, 0) is 4.79 Å². The molecule has 0 saturated carbocycles. The minimum atomic E-state index is -0.904. The van der Waals surface area contributed by atoms with Gasteiger partial charge in [0.25, 0.3) is 0 Å². The number of rotatable bonds is 2. The number of anilines is 1. The first-order valence-corrected chi connectivity index (χ1v) is 6.45. The minimum absolute atomic E-state index is 0.217. The molecule has 2 aromatic rings. The van der Waals surface area contributed by atoms with Gasteiger partial charge in [0, 0.05) is 0 Å². The molecular formula is C16H14FNO2. The largest absolute Gasteiger partial charge is 0.384 e. The normalized spacial score (nSPS) is 18.6. The lowest BCUT2D eigenvalue weighted by Gasteiger charge is -2.14. The Labute approximate surface area is 116 Å². The number of aliphatic hydroxyl groups is 1. The summed E-state index contributed by atoms with van der Waals surface area (Å²) in [5.74, 6) is -1.13. The van der Waals surface area contributed by atoms with Crippen molar-refractivity contribution in [3.05, 3.63) is 65.0 Å². The predicted molar refractivity (Wildman–Crippen MR) is 73.9 cm³/mol. The Balaban J connectivity index is 2.05. The van der Waals surface area contributed by atoms with Crippen molar-refractivity contribution in [2.45, 2.75) is 18.9 Å². The Bertz CT molecular complexity index is 670. The monoisotopic (exact) mass is 271 g/mol. The fraction of sp³-hybridized carbons (Fsp3) is 0.188. The number of amides is 1. The van der Waals surface area contributed by atoms with Gasteiger partial charge in [-0.2, -0.15) is 0 Å². The molecule has 20 heavy (non-hydrogen) atoms. The van der Waals surface area contributed by atoms with Crippen LogP contribution < -0.4 is 5.32 Å². The molecule has 0 aliphatic carbocycles. The van der Waals surface area contributed by atoms with Gasteiger partial charge >= 0.3 is 0 Å². The molecule has 0 bridgehead atoms. The number of halogens is 1. The van der Waals surface area contributed by atoms with E-state index in [4.69, 9.17) is 0 Å². The average Bonchev–Trinajstić information content (AvgIpc) is 2.76. The van der Waals surface area contributed by atoms with Gasteiger partial charge in [-0.25, -0.2) is 4.39 Å². The summed E-state index contributed by atoms with van der Waals surface area (Å²) in [6.07, 6.45) is -0.904. The molecule has 2 aromatic carbocycles. The second-order valence-corrected chi connectivity index (χ2v) is 4.99. The summed E-state index contributed by atoms with van der Waals surface area (Å²) in [4.78, 5) is 11.6. The van der Waals surface area contributed by atoms with E-state index in [0.29, 0.717) is 16.7 Å². The van der Waals surface area contributed by atoms with Crippen molar-refractivity contribution in [2.75, 3.05) is 5.32 Å². The second kappa shape index (κ2) is 4.72. The number of hydrogen-bond acceptors (Lipinski definition) is 2. The zero-order valence-electron chi connectivity index (χ0n) is 10.9. The van der Waals surface area contributed by atoms with Gasteiger partial charge in [0.15, 0.2) is 0 Å². The maximum atomic E-state index is 14.0. The van der Waals surface area contributed by atoms with Crippen molar-refractivity contribution in [2.24, 2.45) is 0 Å². The molecule has 0 aromatic heterocycles. The van der Waals surface area contributed by atoms with Crippen molar-refractivity contribution in [3.8, 4) is 0 Å². The Morgan fingerprint density at radius 2 is 1.90 bits per heavy atom. The van der Waals surface area contributed by atoms with E-state index in [-0.39, 0.29) is 11.6 Å². The van der Waals surface area contributed by atoms with Crippen LogP contribution in [0.25, 0.3) is 0 Å². The number of fused-ring (bicyclic) bond motifs is 1. The molecule has 4 heteroatoms. The first-order chi connectivity index (χ1) is 9.58. The summed E-state index contributed by atoms with van der Waals surface area (Å²) in [7, 11) is 0. The van der Waals surface area contributed by atoms with Gasteiger partial charge < -0.3 is 10.4 Å². The van der Waals surface area contributed by atoms with Crippen molar-refractivity contribution < 1.29 is 14.3 Å². The van der Waals surface area contributed by atoms with Crippen LogP contribution in [0.15, 0.2) is 42.5 Å². The lowest BCUT2D eigenvalue weighted by atomic mass is 9.95. The van der Waals surface area contributed by atoms with Gasteiger partial charge in [-0.05, 0) is 35.7 Å². The number of hydrogen-bond donors (Lipinski definition) is 2. The molecule has 2 N–H and O–H groups in total. The molecule has 1 heterocycles. The highest BCUT2D eigenvalue weighted by molar-refractivity contribution is 6.02. The van der Waals surface area contributed by atoms with E-state index in [0.717, 1.165) is 0 Å². The molecule has 1 aliphatic heterocycles. The molecule has 2 unspecified atom stereocenters. The number of carbonyl (C=O) groups excluding carboxylic acids is 1. The van der Waals surface area contributed by atoms with Crippen LogP contribution >= 0.6 is 0 Å². The maximum Gasteiger partial charge on any atom is 0.231 e. The Morgan fingerprint density at radius 3 is 2.60 bits per heavy atom. The van der Waals surface area contributed by atoms with Crippen LogP contribution in [0.4, 0.5) is 10.1 Å². The van der Waals surface area contributed by atoms with Gasteiger partial charge in [0.1, 0.15) is 11.9 Å². The fourth-order valence-corrected chi connectivity index (χ4v) is 2.48. The highest BCUT2D eigenvalue weighted by atomic mass is 19.1. The van der Waals surface area contributed by atoms with Gasteiger partial charge in [-0.15, -0.1) is 0 Å². The third-order valence-corrected chi connectivity index (χ3v) is 3.68. The van der Waals surface area contributed by atoms with E-state index < -0.39 is 17.8 Å². The first-order valence-electron chi connectivity index (χ1n) is 6.45. The Hall–Kier alpha value is -2.20. The summed E-state index contributed by atoms with van der Waals surface area (Å²) < 4.78 is 14.0. The second-order valence-electron chi connectivity index (χ2n) is 4.99. The lowest BCUT2D eigenvalue weighted by Crippen LogP contribution is -2.08. The molecule has 2 atom stereocenters. The summed E-state index contributed by atoms with van der Waals surface area (Å²) in [6.45, 7) is 1.72. The highest BCUT2D eigenvalue weighted by Gasteiger charge is 2.30. The van der Waals surface area contributed by atoms with Gasteiger partial charge in [0.2, 0.25) is 5.91 Å². The van der Waals surface area contributed by atoms with Gasteiger partial charge in [-0.1, -0.05) is 30.3 Å². The smallest absolute Gasteiger partial charge is 0.231 e. The topological polar surface area (TPSA) is 49.3 Å². The van der Waals surface area contributed by atoms with E-state index in [9.17, 15) is 14.3 Å². The Kier molecular flexibility index (Phi) is 3.03. The maximum absolute atomic E-state index is 14.0. The molecule has 0 fully saturated rings. The number of carbonyl (C=O) groups is 1. The SMILES string of the molecule is CC1C(=O)Nc2c(F)cc(C(O)c3ccccc3)cc21. The average molecular weight is 271 g/mol. The van der Waals surface area contributed by atoms with E-state index in [1.54, 1.807) is 25.1 Å². The molecular weight excluding hydrogens is 257 g/mol. The minimum Gasteiger partial charge on any atom is -0.384 e. The summed E-state index contributed by atoms with van der Waals surface area (Å²) in [6, 6.07) is 12.0. The standard InChI is InChI=1S/C16H14FNO2/c1-9-12-7-11(8-13(17)14(12)18-16(9)20)15(19)10-5-3-2-4-6-10/h2-9,15,19H,1H3,(H,18,20). The van der Waals surface area contributed by atoms with E-state index in [1.165, 1.54) is 6.07 Å². The number of benzene rings is 2. The lowest BCUT2D eigenvalue weighted by molar-refractivity contribution is -0.116. The predicted octanol–water partition coefficient (Wildman–Crippen LogP) is 2.96. The zero-order valence-corrected chi connectivity index (χ0v) is 10.9. The quantitative estimate of drug-likeness (QED) is 0.882. The van der Waals surface area contributed by atoms with Crippen LogP contribution in [0.5, 0.6) is 0 Å². The molecule has 102 valence electrons. The van der Waals surface area contributed by atoms with Gasteiger partial charge in [0.05, 0.1) is 11.6 Å². The highest BCUT2D eigenvalue weighted by Crippen LogP contribution is 2.37. The van der Waals surface area contributed by atoms with E-state index in [2.05, 4.69) is 5.32 Å². The first kappa shape index (κ1) is 12.8. The summed E-state index contributed by atoms with van der Waals surface area (Å²) >= 11 is 0. The third-order valence-electron chi connectivity index (χ3n) is 3.68. The van der Waals surface area contributed by atoms with Crippen molar-refractivity contribution >= 4 is 11.6 Å². The van der Waals surface area contributed by atoms with Crippen LogP contribution in [0, 0.1) is 5.82 Å². The number of aliphatic hydroxyl groups excluding tert-OH is 1. The van der Waals surface area contributed by atoms with E-state index >= 15 is 0 Å². The molecule has 0 saturated heterocycles. The molecule has 3 rings (SSSR count). The molecule has 1 amide bonds. The van der Waals surface area contributed by atoms with Crippen LogP contribution in [0.3, 0.4) is 0 Å². The molecule has 3 nitrogen and oxygen atoms in total. The van der Waals surface area contributed by atoms with Crippen LogP contribution in [0.2, 0.25) is 0 Å². The third kappa shape index (κ3) is 1.98. The van der Waals surface area contributed by atoms with Crippen molar-refractivity contribution in [1.82, 2.24) is 0 Å². The van der Waals surface area contributed by atoms with Crippen molar-refractivity contribution in [1.29, 1.82) is 0 Å². The Morgan fingerprint density at radius 1 is 1.20 bits per heavy atom. The number of nitrogens with one attached hydrogen (secondary N) is 1. The molecule has 0 radical (unpaired) electrons. The van der Waals surface area contributed by atoms with Crippen molar-refractivity contribution in [3.63, 3.8) is 0 Å². The van der Waals surface area contributed by atoms with Crippen LogP contribution in [0.1, 0.15) is 35.6 Å². The van der Waals surface area contributed by atoms with Gasteiger partial charge in [-0.3, -0.25) is 4.79 Å². The summed E-state index contributed by atoms with van der Waals surface area (Å²) in [5, 5.41) is 12.9. The van der Waals surface area contributed by atoms with E-state index in [1.807, 2.05) is 18.2 Å².